The lowest BCUT2D eigenvalue weighted by atomic mass is 10.5. The Labute approximate surface area is 242 Å². The highest BCUT2D eigenvalue weighted by Crippen LogP contribution is 2.17. The SMILES string of the molecule is CCO[Si](CCCN)(OCC)OCC.CO[Si](CCCN)(OC)OC.CO[Si](CCCNCCN)(OC)OC. The minimum atomic E-state index is -2.40. The Kier molecular flexibility index (Phi) is 33.1. The first-order valence-electron chi connectivity index (χ1n) is 13.8. The molecule has 0 aliphatic carbocycles. The first kappa shape index (κ1) is 43.6. The summed E-state index contributed by atoms with van der Waals surface area (Å²) < 4.78 is 48.3. The minimum absolute atomic E-state index is 0.636. The van der Waals surface area contributed by atoms with E-state index in [1.165, 1.54) is 0 Å². The molecule has 0 heterocycles. The van der Waals surface area contributed by atoms with Gasteiger partial charge in [-0.2, -0.15) is 0 Å². The first-order chi connectivity index (χ1) is 18.7. The van der Waals surface area contributed by atoms with Gasteiger partial charge in [-0.15, -0.1) is 0 Å². The van der Waals surface area contributed by atoms with Gasteiger partial charge >= 0.3 is 26.4 Å². The van der Waals surface area contributed by atoms with E-state index >= 15 is 0 Å². The third kappa shape index (κ3) is 21.5. The van der Waals surface area contributed by atoms with Gasteiger partial charge in [-0.05, 0) is 59.7 Å². The van der Waals surface area contributed by atoms with Gasteiger partial charge in [0.05, 0.1) is 0 Å². The van der Waals surface area contributed by atoms with Crippen molar-refractivity contribution in [3.63, 3.8) is 0 Å². The van der Waals surface area contributed by atoms with Crippen LogP contribution in [0, 0.1) is 0 Å². The van der Waals surface area contributed by atoms with Crippen LogP contribution >= 0.6 is 0 Å². The smallest absolute Gasteiger partial charge is 0.377 e. The number of nitrogens with one attached hydrogen (secondary N) is 1. The molecule has 13 nitrogen and oxygen atoms in total. The van der Waals surface area contributed by atoms with Crippen molar-refractivity contribution >= 4 is 26.4 Å². The van der Waals surface area contributed by atoms with Crippen molar-refractivity contribution in [2.45, 2.75) is 58.2 Å². The van der Waals surface area contributed by atoms with Crippen molar-refractivity contribution < 1.29 is 39.8 Å². The van der Waals surface area contributed by atoms with Crippen LogP contribution in [0.5, 0.6) is 0 Å². The maximum atomic E-state index is 5.65. The summed E-state index contributed by atoms with van der Waals surface area (Å²) in [4.78, 5) is 0. The summed E-state index contributed by atoms with van der Waals surface area (Å²) in [7, 11) is 2.65. The fourth-order valence-corrected chi connectivity index (χ4v) is 9.52. The summed E-state index contributed by atoms with van der Waals surface area (Å²) in [6.45, 7) is 11.5. The van der Waals surface area contributed by atoms with E-state index in [0.717, 1.165) is 50.5 Å². The summed E-state index contributed by atoms with van der Waals surface area (Å²) in [5.74, 6) is 0. The predicted octanol–water partition coefficient (Wildman–Crippen LogP) is 1.40. The maximum absolute atomic E-state index is 5.65. The highest BCUT2D eigenvalue weighted by molar-refractivity contribution is 6.61. The summed E-state index contributed by atoms with van der Waals surface area (Å²) in [6.07, 6.45) is 2.75. The molecule has 0 amide bonds. The Morgan fingerprint density at radius 1 is 0.462 bits per heavy atom. The second-order valence-electron chi connectivity index (χ2n) is 8.00. The van der Waals surface area contributed by atoms with E-state index in [-0.39, 0.29) is 0 Å². The summed E-state index contributed by atoms with van der Waals surface area (Å²) in [6, 6.07) is 2.43. The highest BCUT2D eigenvalue weighted by atomic mass is 28.4. The van der Waals surface area contributed by atoms with Crippen molar-refractivity contribution in [3.8, 4) is 0 Å². The molecule has 0 aromatic rings. The van der Waals surface area contributed by atoms with Gasteiger partial charge < -0.3 is 62.4 Å². The number of hydrogen-bond acceptors (Lipinski definition) is 13. The number of rotatable bonds is 24. The van der Waals surface area contributed by atoms with Crippen LogP contribution in [-0.2, 0) is 39.8 Å². The second-order valence-corrected chi connectivity index (χ2v) is 16.9. The van der Waals surface area contributed by atoms with Crippen LogP contribution in [0.4, 0.5) is 0 Å². The Morgan fingerprint density at radius 2 is 0.795 bits per heavy atom. The van der Waals surface area contributed by atoms with E-state index in [9.17, 15) is 0 Å². The molecular weight excluding hydrogens is 561 g/mol. The molecule has 7 N–H and O–H groups in total. The molecule has 0 atom stereocenters. The molecule has 16 heteroatoms. The molecule has 0 saturated carbocycles. The standard InChI is InChI=1S/C9H23NO3Si.C8H22N2O3Si.C6H17NO3Si/c1-4-11-14(12-5-2,13-6-3)9-7-8-10;1-11-14(12-2,13-3)8-4-6-10-7-5-9;1-8-11(9-2,10-3)6-4-5-7/h4-10H2,1-3H3;10H,4-9H2,1-3H3;4-7H2,1-3H3. The number of hydrogen-bond donors (Lipinski definition) is 4. The molecule has 0 radical (unpaired) electrons. The van der Waals surface area contributed by atoms with Crippen LogP contribution in [0.25, 0.3) is 0 Å². The fourth-order valence-electron chi connectivity index (χ4n) is 3.41. The zero-order chi connectivity index (χ0) is 30.5. The Hall–Kier alpha value is 0.131. The van der Waals surface area contributed by atoms with E-state index < -0.39 is 26.4 Å². The summed E-state index contributed by atoms with van der Waals surface area (Å²) >= 11 is 0. The van der Waals surface area contributed by atoms with Crippen molar-refractivity contribution in [3.05, 3.63) is 0 Å². The van der Waals surface area contributed by atoms with Crippen molar-refractivity contribution in [1.29, 1.82) is 0 Å². The van der Waals surface area contributed by atoms with E-state index in [2.05, 4.69) is 5.32 Å². The van der Waals surface area contributed by atoms with Gasteiger partial charge in [-0.3, -0.25) is 0 Å². The van der Waals surface area contributed by atoms with Gasteiger partial charge in [-0.25, -0.2) is 0 Å². The molecule has 39 heavy (non-hydrogen) atoms. The Bertz CT molecular complexity index is 466. The summed E-state index contributed by atoms with van der Waals surface area (Å²) in [5.41, 5.74) is 16.2. The number of nitrogens with two attached hydrogens (primary N) is 3. The molecule has 0 aliphatic heterocycles. The lowest BCUT2D eigenvalue weighted by molar-refractivity contribution is 0.0709. The van der Waals surface area contributed by atoms with Crippen LogP contribution in [-0.4, -0.2) is 122 Å². The normalized spacial score (nSPS) is 12.0. The van der Waals surface area contributed by atoms with Crippen molar-refractivity contribution in [2.75, 3.05) is 95.2 Å². The molecule has 0 aromatic heterocycles. The van der Waals surface area contributed by atoms with Gasteiger partial charge in [0.25, 0.3) is 0 Å². The minimum Gasteiger partial charge on any atom is -0.377 e. The monoisotopic (exact) mass is 622 g/mol. The first-order valence-corrected chi connectivity index (χ1v) is 19.6. The Morgan fingerprint density at radius 3 is 1.08 bits per heavy atom. The predicted molar refractivity (Wildman–Crippen MR) is 162 cm³/mol. The second kappa shape index (κ2) is 29.6. The molecule has 240 valence electrons. The summed E-state index contributed by atoms with van der Waals surface area (Å²) in [5, 5.41) is 3.21. The van der Waals surface area contributed by atoms with E-state index in [1.807, 2.05) is 20.8 Å². The molecular formula is C23H62N4O9Si3. The van der Waals surface area contributed by atoms with Crippen LogP contribution in [0.1, 0.15) is 40.0 Å². The molecule has 0 fully saturated rings. The van der Waals surface area contributed by atoms with Gasteiger partial charge in [-0.1, -0.05) is 0 Å². The van der Waals surface area contributed by atoms with Crippen LogP contribution < -0.4 is 22.5 Å². The van der Waals surface area contributed by atoms with Crippen LogP contribution in [0.3, 0.4) is 0 Å². The van der Waals surface area contributed by atoms with Gasteiger partial charge in [0, 0.05) is 93.7 Å². The molecule has 0 rings (SSSR count). The zero-order valence-electron chi connectivity index (χ0n) is 26.3. The maximum Gasteiger partial charge on any atom is 0.500 e. The third-order valence-electron chi connectivity index (χ3n) is 5.49. The van der Waals surface area contributed by atoms with Gasteiger partial charge in [0.1, 0.15) is 0 Å². The molecule has 0 spiro atoms. The largest absolute Gasteiger partial charge is 0.500 e. The van der Waals surface area contributed by atoms with Crippen LogP contribution in [0.2, 0.25) is 18.1 Å². The quantitative estimate of drug-likeness (QED) is 0.0899. The highest BCUT2D eigenvalue weighted by Gasteiger charge is 2.39. The lowest BCUT2D eigenvalue weighted by Crippen LogP contribution is -2.46. The van der Waals surface area contributed by atoms with E-state index in [4.69, 9.17) is 57.0 Å². The molecule has 0 unspecified atom stereocenters. The molecule has 0 saturated heterocycles. The molecule has 0 aromatic carbocycles. The average Bonchev–Trinajstić information content (AvgIpc) is 2.96. The van der Waals surface area contributed by atoms with Gasteiger partial charge in [0.2, 0.25) is 0 Å². The van der Waals surface area contributed by atoms with E-state index in [1.54, 1.807) is 42.7 Å². The molecule has 0 bridgehead atoms. The van der Waals surface area contributed by atoms with Crippen molar-refractivity contribution in [1.82, 2.24) is 5.32 Å². The third-order valence-corrected chi connectivity index (χ3v) is 14.3. The lowest BCUT2D eigenvalue weighted by Gasteiger charge is -2.28. The van der Waals surface area contributed by atoms with Crippen molar-refractivity contribution in [2.24, 2.45) is 17.2 Å². The topological polar surface area (TPSA) is 173 Å². The molecule has 0 aliphatic rings. The van der Waals surface area contributed by atoms with E-state index in [0.29, 0.717) is 39.5 Å². The fraction of sp³-hybridized carbons (Fsp3) is 1.00. The van der Waals surface area contributed by atoms with Gasteiger partial charge in [0.15, 0.2) is 0 Å². The average molecular weight is 623 g/mol. The van der Waals surface area contributed by atoms with Crippen LogP contribution in [0.15, 0.2) is 0 Å². The zero-order valence-corrected chi connectivity index (χ0v) is 29.3. The Balaban J connectivity index is -0.000000503.